The SMILES string of the molecule is CC1CNC(c2ccc(Br)cc2)C(C)S1=O. The lowest BCUT2D eigenvalue weighted by molar-refractivity contribution is 0.489. The third-order valence-corrected chi connectivity index (χ3v) is 5.58. The highest BCUT2D eigenvalue weighted by molar-refractivity contribution is 9.10. The molecular formula is C12H16BrNOS. The van der Waals surface area contributed by atoms with E-state index in [1.807, 2.05) is 19.1 Å². The molecule has 1 aromatic rings. The van der Waals surface area contributed by atoms with Crippen molar-refractivity contribution in [2.75, 3.05) is 6.54 Å². The van der Waals surface area contributed by atoms with Gasteiger partial charge >= 0.3 is 0 Å². The smallest absolute Gasteiger partial charge is 0.0517 e. The summed E-state index contributed by atoms with van der Waals surface area (Å²) in [6.45, 7) is 4.93. The van der Waals surface area contributed by atoms with Crippen LogP contribution in [0.25, 0.3) is 0 Å². The molecule has 0 aromatic heterocycles. The van der Waals surface area contributed by atoms with Crippen LogP contribution < -0.4 is 5.32 Å². The maximum atomic E-state index is 12.0. The summed E-state index contributed by atoms with van der Waals surface area (Å²) in [7, 11) is -0.740. The molecule has 1 heterocycles. The van der Waals surface area contributed by atoms with E-state index in [1.54, 1.807) is 0 Å². The van der Waals surface area contributed by atoms with Gasteiger partial charge in [0, 0.05) is 33.1 Å². The lowest BCUT2D eigenvalue weighted by Crippen LogP contribution is -2.46. The van der Waals surface area contributed by atoms with Crippen LogP contribution in [0.3, 0.4) is 0 Å². The van der Waals surface area contributed by atoms with Gasteiger partial charge in [-0.2, -0.15) is 0 Å². The van der Waals surface area contributed by atoms with Crippen molar-refractivity contribution in [3.8, 4) is 0 Å². The van der Waals surface area contributed by atoms with Gasteiger partial charge in [-0.15, -0.1) is 0 Å². The monoisotopic (exact) mass is 301 g/mol. The van der Waals surface area contributed by atoms with Gasteiger partial charge in [0.2, 0.25) is 0 Å². The first kappa shape index (κ1) is 12.3. The van der Waals surface area contributed by atoms with Crippen LogP contribution in [-0.4, -0.2) is 21.3 Å². The minimum Gasteiger partial charge on any atom is -0.308 e. The van der Waals surface area contributed by atoms with E-state index in [-0.39, 0.29) is 16.5 Å². The number of benzene rings is 1. The van der Waals surface area contributed by atoms with Crippen molar-refractivity contribution in [2.45, 2.75) is 30.4 Å². The average Bonchev–Trinajstić information content (AvgIpc) is 2.28. The zero-order valence-electron chi connectivity index (χ0n) is 9.44. The van der Waals surface area contributed by atoms with Crippen molar-refractivity contribution < 1.29 is 4.21 Å². The molecule has 2 nitrogen and oxygen atoms in total. The summed E-state index contributed by atoms with van der Waals surface area (Å²) >= 11 is 3.43. The molecule has 1 aromatic carbocycles. The van der Waals surface area contributed by atoms with E-state index >= 15 is 0 Å². The van der Waals surface area contributed by atoms with Crippen LogP contribution in [0, 0.1) is 0 Å². The summed E-state index contributed by atoms with van der Waals surface area (Å²) in [5, 5.41) is 3.90. The van der Waals surface area contributed by atoms with Gasteiger partial charge in [0.25, 0.3) is 0 Å². The van der Waals surface area contributed by atoms with E-state index in [0.717, 1.165) is 11.0 Å². The summed E-state index contributed by atoms with van der Waals surface area (Å²) in [5.74, 6) is 0. The third kappa shape index (κ3) is 2.39. The number of hydrogen-bond donors (Lipinski definition) is 1. The second kappa shape index (κ2) is 4.98. The summed E-state index contributed by atoms with van der Waals surface area (Å²) in [6, 6.07) is 8.46. The zero-order valence-corrected chi connectivity index (χ0v) is 11.8. The van der Waals surface area contributed by atoms with Crippen molar-refractivity contribution in [3.05, 3.63) is 34.3 Å². The molecule has 0 saturated carbocycles. The van der Waals surface area contributed by atoms with Gasteiger partial charge in [0.1, 0.15) is 0 Å². The Labute approximate surface area is 107 Å². The highest BCUT2D eigenvalue weighted by Gasteiger charge is 2.32. The normalized spacial score (nSPS) is 34.9. The highest BCUT2D eigenvalue weighted by Crippen LogP contribution is 2.27. The number of hydrogen-bond acceptors (Lipinski definition) is 2. The Kier molecular flexibility index (Phi) is 3.82. The van der Waals surface area contributed by atoms with Crippen LogP contribution in [0.15, 0.2) is 28.7 Å². The minimum absolute atomic E-state index is 0.171. The fraction of sp³-hybridized carbons (Fsp3) is 0.500. The summed E-state index contributed by atoms with van der Waals surface area (Å²) in [5.41, 5.74) is 1.22. The van der Waals surface area contributed by atoms with E-state index < -0.39 is 10.8 Å². The predicted octanol–water partition coefficient (Wildman–Crippen LogP) is 2.62. The lowest BCUT2D eigenvalue weighted by Gasteiger charge is -2.33. The van der Waals surface area contributed by atoms with Crippen LogP contribution in [0.5, 0.6) is 0 Å². The van der Waals surface area contributed by atoms with Crippen molar-refractivity contribution >= 4 is 26.7 Å². The topological polar surface area (TPSA) is 29.1 Å². The fourth-order valence-corrected chi connectivity index (χ4v) is 3.88. The van der Waals surface area contributed by atoms with Crippen LogP contribution in [0.4, 0.5) is 0 Å². The molecule has 0 amide bonds. The second-order valence-corrected chi connectivity index (χ2v) is 7.40. The summed E-state index contributed by atoms with van der Waals surface area (Å²) in [6.07, 6.45) is 0. The molecule has 0 spiro atoms. The number of rotatable bonds is 1. The summed E-state index contributed by atoms with van der Waals surface area (Å²) < 4.78 is 13.1. The Balaban J connectivity index is 2.21. The van der Waals surface area contributed by atoms with Crippen LogP contribution >= 0.6 is 15.9 Å². The van der Waals surface area contributed by atoms with Gasteiger partial charge in [-0.1, -0.05) is 28.1 Å². The minimum atomic E-state index is -0.740. The fourth-order valence-electron chi connectivity index (χ4n) is 2.10. The molecule has 16 heavy (non-hydrogen) atoms. The van der Waals surface area contributed by atoms with Gasteiger partial charge in [-0.05, 0) is 31.5 Å². The third-order valence-electron chi connectivity index (χ3n) is 3.09. The quantitative estimate of drug-likeness (QED) is 0.864. The molecule has 1 N–H and O–H groups in total. The largest absolute Gasteiger partial charge is 0.308 e. The molecule has 4 heteroatoms. The number of halogens is 1. The van der Waals surface area contributed by atoms with Gasteiger partial charge in [-0.25, -0.2) is 0 Å². The lowest BCUT2D eigenvalue weighted by atomic mass is 10.0. The van der Waals surface area contributed by atoms with Gasteiger partial charge in [0.15, 0.2) is 0 Å². The number of nitrogens with one attached hydrogen (secondary N) is 1. The highest BCUT2D eigenvalue weighted by atomic mass is 79.9. The summed E-state index contributed by atoms with van der Waals surface area (Å²) in [4.78, 5) is 0. The van der Waals surface area contributed by atoms with E-state index in [4.69, 9.17) is 0 Å². The Hall–Kier alpha value is -0.190. The maximum absolute atomic E-state index is 12.0. The molecule has 0 radical (unpaired) electrons. The maximum Gasteiger partial charge on any atom is 0.0517 e. The Bertz CT molecular complexity index is 393. The first-order valence-electron chi connectivity index (χ1n) is 5.48. The molecule has 1 fully saturated rings. The van der Waals surface area contributed by atoms with Crippen LogP contribution in [-0.2, 0) is 10.8 Å². The molecule has 1 aliphatic heterocycles. The first-order valence-corrected chi connectivity index (χ1v) is 7.54. The Morgan fingerprint density at radius 1 is 1.31 bits per heavy atom. The van der Waals surface area contributed by atoms with Crippen LogP contribution in [0.1, 0.15) is 25.5 Å². The molecule has 0 bridgehead atoms. The van der Waals surface area contributed by atoms with Crippen LogP contribution in [0.2, 0.25) is 0 Å². The standard InChI is InChI=1S/C12H16BrNOS/c1-8-7-14-12(9(2)16(8)15)10-3-5-11(13)6-4-10/h3-6,8-9,12,14H,7H2,1-2H3. The van der Waals surface area contributed by atoms with E-state index in [0.29, 0.717) is 0 Å². The van der Waals surface area contributed by atoms with E-state index in [9.17, 15) is 4.21 Å². The van der Waals surface area contributed by atoms with Crippen molar-refractivity contribution in [3.63, 3.8) is 0 Å². The van der Waals surface area contributed by atoms with Gasteiger partial charge in [0.05, 0.1) is 5.25 Å². The molecule has 4 unspecified atom stereocenters. The van der Waals surface area contributed by atoms with E-state index in [1.165, 1.54) is 5.56 Å². The molecule has 1 saturated heterocycles. The van der Waals surface area contributed by atoms with Crippen molar-refractivity contribution in [1.82, 2.24) is 5.32 Å². The molecule has 2 rings (SSSR count). The van der Waals surface area contributed by atoms with E-state index in [2.05, 4.69) is 40.3 Å². The van der Waals surface area contributed by atoms with Gasteiger partial charge < -0.3 is 5.32 Å². The average molecular weight is 302 g/mol. The predicted molar refractivity (Wildman–Crippen MR) is 72.0 cm³/mol. The molecule has 0 aliphatic carbocycles. The van der Waals surface area contributed by atoms with Crippen molar-refractivity contribution in [1.29, 1.82) is 0 Å². The van der Waals surface area contributed by atoms with Gasteiger partial charge in [-0.3, -0.25) is 4.21 Å². The molecular weight excluding hydrogens is 286 g/mol. The van der Waals surface area contributed by atoms with Crippen molar-refractivity contribution in [2.24, 2.45) is 0 Å². The Morgan fingerprint density at radius 3 is 2.56 bits per heavy atom. The molecule has 88 valence electrons. The Morgan fingerprint density at radius 2 is 1.94 bits per heavy atom. The molecule has 4 atom stereocenters. The zero-order chi connectivity index (χ0) is 11.7. The molecule has 1 aliphatic rings. The second-order valence-electron chi connectivity index (χ2n) is 4.28. The first-order chi connectivity index (χ1) is 7.59.